The van der Waals surface area contributed by atoms with Crippen LogP contribution in [0.3, 0.4) is 0 Å². The summed E-state index contributed by atoms with van der Waals surface area (Å²) >= 11 is 0. The van der Waals surface area contributed by atoms with Gasteiger partial charge in [0.1, 0.15) is 0 Å². The maximum atomic E-state index is 13.1. The number of aromatic nitrogens is 2. The third kappa shape index (κ3) is 9.30. The molecule has 0 saturated heterocycles. The summed E-state index contributed by atoms with van der Waals surface area (Å²) in [6, 6.07) is 10.6. The maximum Gasteiger partial charge on any atom is 2.00 e. The average molecular weight is 864 g/mol. The summed E-state index contributed by atoms with van der Waals surface area (Å²) in [6.45, 7) is 24.4. The van der Waals surface area contributed by atoms with Crippen molar-refractivity contribution >= 4 is 22.6 Å². The van der Waals surface area contributed by atoms with Crippen molar-refractivity contribution in [2.24, 2.45) is 9.98 Å². The van der Waals surface area contributed by atoms with Crippen LogP contribution in [0.2, 0.25) is 0 Å². The summed E-state index contributed by atoms with van der Waals surface area (Å²) < 4.78 is 78.4. The van der Waals surface area contributed by atoms with Crippen molar-refractivity contribution in [3.63, 3.8) is 0 Å². The van der Waals surface area contributed by atoms with Crippen molar-refractivity contribution in [2.75, 3.05) is 0 Å². The Morgan fingerprint density at radius 1 is 0.492 bits per heavy atom. The van der Waals surface area contributed by atoms with E-state index in [-0.39, 0.29) is 19.5 Å². The molecule has 0 saturated carbocycles. The fourth-order valence-corrected chi connectivity index (χ4v) is 8.41. The molecule has 4 aromatic rings. The Labute approximate surface area is 357 Å². The monoisotopic (exact) mass is 862 g/mol. The maximum absolute atomic E-state index is 13.1. The molecule has 0 N–H and O–H groups in total. The Morgan fingerprint density at radius 2 is 0.797 bits per heavy atom. The second-order valence-corrected chi connectivity index (χ2v) is 14.9. The van der Waals surface area contributed by atoms with Crippen LogP contribution in [0.4, 0.5) is 26.3 Å². The van der Waals surface area contributed by atoms with Crippen molar-refractivity contribution in [3.05, 3.63) is 150 Å². The molecule has 59 heavy (non-hydrogen) atoms. The Kier molecular flexibility index (Phi) is 14.7. The van der Waals surface area contributed by atoms with E-state index >= 15 is 0 Å². The molecule has 2 aliphatic heterocycles. The number of nitrogens with zero attached hydrogens (tertiary/aromatic N) is 4. The number of allylic oxidation sites excluding steroid dienone is 4. The normalized spacial score (nSPS) is 16.2. The van der Waals surface area contributed by atoms with Crippen LogP contribution in [-0.2, 0) is 44.7 Å². The van der Waals surface area contributed by atoms with E-state index in [0.29, 0.717) is 11.1 Å². The molecule has 4 nitrogen and oxygen atoms in total. The van der Waals surface area contributed by atoms with E-state index in [1.165, 1.54) is 46.5 Å². The zero-order valence-corrected chi connectivity index (χ0v) is 39.2. The third-order valence-electron chi connectivity index (χ3n) is 11.5. The van der Waals surface area contributed by atoms with Gasteiger partial charge in [0.05, 0.1) is 22.5 Å². The molecule has 11 heteroatoms. The number of rotatable bonds is 8. The number of alkyl halides is 6. The number of aryl methyl sites for hydroxylation is 2. The number of halogens is 6. The van der Waals surface area contributed by atoms with Gasteiger partial charge in [-0.05, 0) is 136 Å². The van der Waals surface area contributed by atoms with E-state index < -0.39 is 23.5 Å². The van der Waals surface area contributed by atoms with Gasteiger partial charge in [0.25, 0.3) is 0 Å². The Bertz CT molecular complexity index is 2240. The van der Waals surface area contributed by atoms with Crippen molar-refractivity contribution in [2.45, 2.75) is 121 Å². The second-order valence-electron chi connectivity index (χ2n) is 14.9. The SMILES string of the molecule is CCC1=C(C)/C(=C(\c2ccc(C(F)(F)F)cc2)c2[n-]c(C)c(CC)c2C)N=C1C.CCC1=C(C)/C(=C(\c2ccc(C(F)(F)F)cc2)c2[n-]c(C)c(CC)c2C)N=C1C.[Zn+2]. The van der Waals surface area contributed by atoms with Crippen molar-refractivity contribution < 1.29 is 45.8 Å². The van der Waals surface area contributed by atoms with Gasteiger partial charge >= 0.3 is 31.8 Å². The van der Waals surface area contributed by atoms with Crippen LogP contribution in [0.5, 0.6) is 0 Å². The summed E-state index contributed by atoms with van der Waals surface area (Å²) in [6.07, 6.45) is -5.29. The number of benzene rings is 2. The van der Waals surface area contributed by atoms with E-state index in [1.807, 2.05) is 55.4 Å². The van der Waals surface area contributed by atoms with Crippen LogP contribution in [0.15, 0.2) is 92.2 Å². The molecule has 2 aromatic heterocycles. The molecule has 0 bridgehead atoms. The molecular formula is C48H52F6N4Zn. The first-order valence-corrected chi connectivity index (χ1v) is 19.8. The molecule has 0 spiro atoms. The number of hydrogen-bond acceptors (Lipinski definition) is 2. The van der Waals surface area contributed by atoms with E-state index in [4.69, 9.17) is 20.0 Å². The van der Waals surface area contributed by atoms with Gasteiger partial charge in [-0.15, -0.1) is 11.4 Å². The first-order valence-electron chi connectivity index (χ1n) is 19.8. The van der Waals surface area contributed by atoms with E-state index in [1.54, 1.807) is 0 Å². The standard InChI is InChI=1S/2C24H26F3N2.Zn/c2*1-7-19-13(3)22(28-15(19)5)21(23-14(4)20(8-2)16(6)29-23)17-9-11-18(12-10-17)24(25,26)27;/h2*9-12H,7-8H2,1-6H3;/q2*-1;+2/b2*22-21-;. The van der Waals surface area contributed by atoms with Crippen molar-refractivity contribution in [1.82, 2.24) is 9.97 Å². The molecule has 308 valence electrons. The molecule has 0 unspecified atom stereocenters. The van der Waals surface area contributed by atoms with E-state index in [2.05, 4.69) is 27.7 Å². The minimum Gasteiger partial charge on any atom is -0.660 e. The summed E-state index contributed by atoms with van der Waals surface area (Å²) in [7, 11) is 0. The molecule has 0 amide bonds. The molecule has 0 fully saturated rings. The van der Waals surface area contributed by atoms with Crippen LogP contribution in [0.25, 0.3) is 11.1 Å². The molecule has 4 heterocycles. The summed E-state index contributed by atoms with van der Waals surface area (Å²) in [5.41, 5.74) is 17.8. The first-order chi connectivity index (χ1) is 27.2. The van der Waals surface area contributed by atoms with E-state index in [9.17, 15) is 26.3 Å². The van der Waals surface area contributed by atoms with E-state index in [0.717, 1.165) is 129 Å². The van der Waals surface area contributed by atoms with Crippen LogP contribution in [-0.4, -0.2) is 11.4 Å². The van der Waals surface area contributed by atoms with Gasteiger partial charge in [0.15, 0.2) is 0 Å². The van der Waals surface area contributed by atoms with Gasteiger partial charge in [-0.1, -0.05) is 88.1 Å². The smallest absolute Gasteiger partial charge is 0.660 e. The molecule has 6 rings (SSSR count). The predicted octanol–water partition coefficient (Wildman–Crippen LogP) is 13.6. The first kappa shape index (κ1) is 47.2. The van der Waals surface area contributed by atoms with Gasteiger partial charge in [-0.3, -0.25) is 9.98 Å². The van der Waals surface area contributed by atoms with Gasteiger partial charge in [0, 0.05) is 11.4 Å². The molecular weight excluding hydrogens is 812 g/mol. The predicted molar refractivity (Wildman–Crippen MR) is 224 cm³/mol. The second kappa shape index (κ2) is 18.4. The third-order valence-corrected chi connectivity index (χ3v) is 11.5. The zero-order chi connectivity index (χ0) is 43.0. The number of aliphatic imine (C=N–C) groups is 2. The van der Waals surface area contributed by atoms with Gasteiger partial charge in [-0.2, -0.15) is 37.7 Å². The number of hydrogen-bond donors (Lipinski definition) is 0. The average Bonchev–Trinajstić information content (AvgIpc) is 3.82. The minimum atomic E-state index is -4.36. The zero-order valence-electron chi connectivity index (χ0n) is 36.2. The molecule has 2 aliphatic rings. The molecule has 0 aliphatic carbocycles. The quantitative estimate of drug-likeness (QED) is 0.131. The minimum absolute atomic E-state index is 0. The Morgan fingerprint density at radius 3 is 1.02 bits per heavy atom. The fourth-order valence-electron chi connectivity index (χ4n) is 8.41. The van der Waals surface area contributed by atoms with Crippen molar-refractivity contribution in [1.29, 1.82) is 0 Å². The van der Waals surface area contributed by atoms with Gasteiger partial charge in [-0.25, -0.2) is 0 Å². The topological polar surface area (TPSA) is 52.9 Å². The van der Waals surface area contributed by atoms with Gasteiger partial charge in [0.2, 0.25) is 0 Å². The van der Waals surface area contributed by atoms with Crippen LogP contribution in [0.1, 0.15) is 136 Å². The fraction of sp³-hybridized carbons (Fsp3) is 0.375. The largest absolute Gasteiger partial charge is 2.00 e. The summed E-state index contributed by atoms with van der Waals surface area (Å²) in [4.78, 5) is 19.2. The van der Waals surface area contributed by atoms with Crippen LogP contribution < -0.4 is 9.97 Å². The Balaban J connectivity index is 0.000000256. The summed E-state index contributed by atoms with van der Waals surface area (Å²) in [5, 5.41) is 0. The van der Waals surface area contributed by atoms with Gasteiger partial charge < -0.3 is 9.97 Å². The molecule has 0 radical (unpaired) electrons. The van der Waals surface area contributed by atoms with Crippen LogP contribution >= 0.6 is 0 Å². The van der Waals surface area contributed by atoms with Crippen LogP contribution in [0, 0.1) is 27.7 Å². The van der Waals surface area contributed by atoms with Crippen molar-refractivity contribution in [3.8, 4) is 0 Å². The summed E-state index contributed by atoms with van der Waals surface area (Å²) in [5.74, 6) is 0. The Hall–Kier alpha value is -4.50. The molecule has 0 atom stereocenters. The molecule has 2 aromatic carbocycles.